The Balaban J connectivity index is 2.65. The minimum atomic E-state index is -0.517. The van der Waals surface area contributed by atoms with Crippen LogP contribution >= 0.6 is 0 Å². The Bertz CT molecular complexity index is 577. The molecule has 0 saturated carbocycles. The van der Waals surface area contributed by atoms with Gasteiger partial charge in [-0.3, -0.25) is 0 Å². The van der Waals surface area contributed by atoms with Crippen molar-refractivity contribution in [3.63, 3.8) is 0 Å². The number of hydrogen-bond donors (Lipinski definition) is 1. The quantitative estimate of drug-likeness (QED) is 0.501. The average molecular weight is 261 g/mol. The third kappa shape index (κ3) is 2.15. The first-order chi connectivity index (χ1) is 8.93. The highest BCUT2D eigenvalue weighted by Gasteiger charge is 2.33. The van der Waals surface area contributed by atoms with E-state index in [0.29, 0.717) is 5.69 Å². The molecular formula is C14H19N3O2. The number of rotatable bonds is 2. The Hall–Kier alpha value is -1.71. The van der Waals surface area contributed by atoms with Crippen molar-refractivity contribution in [3.8, 4) is 5.75 Å². The van der Waals surface area contributed by atoms with Crippen LogP contribution in [0.25, 0.3) is 10.4 Å². The molecule has 2 rings (SSSR count). The van der Waals surface area contributed by atoms with Gasteiger partial charge in [0, 0.05) is 10.6 Å². The lowest BCUT2D eigenvalue weighted by molar-refractivity contribution is 0.00733. The molecule has 5 heteroatoms. The number of fused-ring (bicyclic) bond motifs is 1. The van der Waals surface area contributed by atoms with Crippen LogP contribution in [-0.4, -0.2) is 17.3 Å². The third-order valence-electron chi connectivity index (χ3n) is 4.07. The second kappa shape index (κ2) is 4.76. The number of azide groups is 1. The van der Waals surface area contributed by atoms with Gasteiger partial charge in [0.05, 0.1) is 6.61 Å². The number of hydrogen-bond acceptors (Lipinski definition) is 3. The van der Waals surface area contributed by atoms with Gasteiger partial charge in [-0.2, -0.15) is 0 Å². The second-order valence-electron chi connectivity index (χ2n) is 5.43. The van der Waals surface area contributed by atoms with Crippen molar-refractivity contribution in [3.05, 3.63) is 32.7 Å². The van der Waals surface area contributed by atoms with Crippen LogP contribution in [-0.2, 0) is 6.42 Å². The number of ether oxygens (including phenoxy) is 1. The van der Waals surface area contributed by atoms with Crippen LogP contribution in [0.3, 0.4) is 0 Å². The predicted octanol–water partition coefficient (Wildman–Crippen LogP) is 3.63. The lowest BCUT2D eigenvalue weighted by Gasteiger charge is -2.36. The summed E-state index contributed by atoms with van der Waals surface area (Å²) in [5.74, 6) is 0.842. The Morgan fingerprint density at radius 2 is 2.00 bits per heavy atom. The fraction of sp³-hybridized carbons (Fsp3) is 0.571. The number of aliphatic hydroxyl groups is 1. The van der Waals surface area contributed by atoms with Gasteiger partial charge in [0.15, 0.2) is 0 Å². The van der Waals surface area contributed by atoms with Crippen molar-refractivity contribution in [1.29, 1.82) is 0 Å². The third-order valence-corrected chi connectivity index (χ3v) is 4.07. The Morgan fingerprint density at radius 3 is 2.58 bits per heavy atom. The van der Waals surface area contributed by atoms with E-state index in [9.17, 15) is 5.11 Å². The molecule has 1 aliphatic rings. The van der Waals surface area contributed by atoms with Gasteiger partial charge in [0.2, 0.25) is 0 Å². The maximum absolute atomic E-state index is 9.45. The minimum Gasteiger partial charge on any atom is -0.485 e. The van der Waals surface area contributed by atoms with E-state index in [4.69, 9.17) is 10.3 Å². The summed E-state index contributed by atoms with van der Waals surface area (Å²) in [6.45, 7) is 7.78. The van der Waals surface area contributed by atoms with Crippen molar-refractivity contribution in [2.45, 2.75) is 46.1 Å². The minimum absolute atomic E-state index is 0.00206. The number of nitrogens with zero attached hydrogens (tertiary/aromatic N) is 3. The van der Waals surface area contributed by atoms with E-state index in [1.54, 1.807) is 0 Å². The molecule has 102 valence electrons. The van der Waals surface area contributed by atoms with E-state index in [2.05, 4.69) is 10.0 Å². The first-order valence-electron chi connectivity index (χ1n) is 6.41. The maximum Gasteiger partial charge on any atom is 0.129 e. The molecule has 1 aliphatic heterocycles. The Kier molecular flexibility index (Phi) is 3.43. The SMILES string of the molecule is Cc1c(C)c2c(c(C)c1N=[N+]=[N-])CCC(C)(CO)O2. The summed E-state index contributed by atoms with van der Waals surface area (Å²) in [5.41, 5.74) is 12.9. The van der Waals surface area contributed by atoms with Crippen molar-refractivity contribution in [2.24, 2.45) is 5.11 Å². The summed E-state index contributed by atoms with van der Waals surface area (Å²) in [6.07, 6.45) is 1.59. The van der Waals surface area contributed by atoms with Crippen LogP contribution in [0.15, 0.2) is 5.11 Å². The van der Waals surface area contributed by atoms with Crippen LogP contribution in [0.1, 0.15) is 35.6 Å². The lowest BCUT2D eigenvalue weighted by atomic mass is 9.87. The van der Waals surface area contributed by atoms with Gasteiger partial charge in [-0.15, -0.1) is 0 Å². The van der Waals surface area contributed by atoms with E-state index in [0.717, 1.165) is 40.8 Å². The molecular weight excluding hydrogens is 242 g/mol. The van der Waals surface area contributed by atoms with Crippen LogP contribution in [0.2, 0.25) is 0 Å². The van der Waals surface area contributed by atoms with Gasteiger partial charge < -0.3 is 9.84 Å². The molecule has 0 amide bonds. The molecule has 1 unspecified atom stereocenters. The first-order valence-corrected chi connectivity index (χ1v) is 6.41. The Morgan fingerprint density at radius 1 is 1.32 bits per heavy atom. The van der Waals surface area contributed by atoms with Gasteiger partial charge in [0.1, 0.15) is 11.4 Å². The van der Waals surface area contributed by atoms with Crippen molar-refractivity contribution in [2.75, 3.05) is 6.61 Å². The average Bonchev–Trinajstić information content (AvgIpc) is 2.41. The van der Waals surface area contributed by atoms with E-state index in [-0.39, 0.29) is 6.61 Å². The molecule has 1 heterocycles. The topological polar surface area (TPSA) is 78.2 Å². The molecule has 1 aromatic carbocycles. The maximum atomic E-state index is 9.45. The highest BCUT2D eigenvalue weighted by Crippen LogP contribution is 2.43. The molecule has 0 aliphatic carbocycles. The molecule has 0 bridgehead atoms. The largest absolute Gasteiger partial charge is 0.485 e. The van der Waals surface area contributed by atoms with Gasteiger partial charge in [-0.1, -0.05) is 5.11 Å². The van der Waals surface area contributed by atoms with Crippen LogP contribution in [0.4, 0.5) is 5.69 Å². The summed E-state index contributed by atoms with van der Waals surface area (Å²) >= 11 is 0. The van der Waals surface area contributed by atoms with E-state index >= 15 is 0 Å². The fourth-order valence-electron chi connectivity index (χ4n) is 2.60. The van der Waals surface area contributed by atoms with Crippen LogP contribution in [0.5, 0.6) is 5.75 Å². The molecule has 1 N–H and O–H groups in total. The van der Waals surface area contributed by atoms with E-state index in [1.165, 1.54) is 0 Å². The van der Waals surface area contributed by atoms with Crippen LogP contribution in [0, 0.1) is 20.8 Å². The Labute approximate surface area is 112 Å². The fourth-order valence-corrected chi connectivity index (χ4v) is 2.60. The molecule has 1 atom stereocenters. The highest BCUT2D eigenvalue weighted by molar-refractivity contribution is 5.65. The second-order valence-corrected chi connectivity index (χ2v) is 5.43. The molecule has 0 aromatic heterocycles. The molecule has 1 aromatic rings. The van der Waals surface area contributed by atoms with Gasteiger partial charge >= 0.3 is 0 Å². The van der Waals surface area contributed by atoms with Gasteiger partial charge in [-0.25, -0.2) is 0 Å². The monoisotopic (exact) mass is 261 g/mol. The first kappa shape index (κ1) is 13.7. The summed E-state index contributed by atoms with van der Waals surface area (Å²) in [4.78, 5) is 2.91. The van der Waals surface area contributed by atoms with Crippen molar-refractivity contribution >= 4 is 5.69 Å². The predicted molar refractivity (Wildman–Crippen MR) is 73.9 cm³/mol. The van der Waals surface area contributed by atoms with E-state index < -0.39 is 5.60 Å². The molecule has 5 nitrogen and oxygen atoms in total. The number of benzene rings is 1. The summed E-state index contributed by atoms with van der Waals surface area (Å²) < 4.78 is 6.01. The zero-order valence-electron chi connectivity index (χ0n) is 11.8. The smallest absolute Gasteiger partial charge is 0.129 e. The highest BCUT2D eigenvalue weighted by atomic mass is 16.5. The molecule has 0 fully saturated rings. The molecule has 19 heavy (non-hydrogen) atoms. The van der Waals surface area contributed by atoms with E-state index in [1.807, 2.05) is 27.7 Å². The lowest BCUT2D eigenvalue weighted by Crippen LogP contribution is -2.40. The normalized spacial score (nSPS) is 21.3. The molecule has 0 radical (unpaired) electrons. The summed E-state index contributed by atoms with van der Waals surface area (Å²) in [7, 11) is 0. The molecule has 0 saturated heterocycles. The zero-order chi connectivity index (χ0) is 14.2. The van der Waals surface area contributed by atoms with Gasteiger partial charge in [-0.05, 0) is 68.3 Å². The molecule has 0 spiro atoms. The van der Waals surface area contributed by atoms with Crippen molar-refractivity contribution in [1.82, 2.24) is 0 Å². The summed E-state index contributed by atoms with van der Waals surface area (Å²) in [6, 6.07) is 0. The summed E-state index contributed by atoms with van der Waals surface area (Å²) in [5, 5.41) is 13.3. The van der Waals surface area contributed by atoms with Crippen LogP contribution < -0.4 is 4.74 Å². The standard InChI is InChI=1S/C14H19N3O2/c1-8-9(2)13-11(10(3)12(8)16-17-15)5-6-14(4,7-18)19-13/h18H,5-7H2,1-4H3. The van der Waals surface area contributed by atoms with Crippen molar-refractivity contribution < 1.29 is 9.84 Å². The number of aliphatic hydroxyl groups excluding tert-OH is 1. The zero-order valence-corrected chi connectivity index (χ0v) is 11.8. The van der Waals surface area contributed by atoms with Gasteiger partial charge in [0.25, 0.3) is 0 Å².